The minimum absolute atomic E-state index is 0.0164. The number of carbonyl (C=O) groups is 2. The first-order valence-corrected chi connectivity index (χ1v) is 10.4. The zero-order valence-corrected chi connectivity index (χ0v) is 18.3. The van der Waals surface area contributed by atoms with Crippen molar-refractivity contribution in [2.24, 2.45) is 11.6 Å². The highest BCUT2D eigenvalue weighted by molar-refractivity contribution is 5.78. The van der Waals surface area contributed by atoms with Crippen molar-refractivity contribution in [3.8, 4) is 0 Å². The minimum atomic E-state index is -0.374. The first-order valence-electron chi connectivity index (χ1n) is 10.4. The van der Waals surface area contributed by atoms with Crippen molar-refractivity contribution in [1.82, 2.24) is 14.8 Å². The highest BCUT2D eigenvalue weighted by atomic mass is 19.1. The summed E-state index contributed by atoms with van der Waals surface area (Å²) in [5.41, 5.74) is 10.7. The number of carbonyl (C=O) groups excluding carboxylic acids is 2. The van der Waals surface area contributed by atoms with Crippen molar-refractivity contribution in [3.63, 3.8) is 0 Å². The lowest BCUT2D eigenvalue weighted by Gasteiger charge is -2.27. The van der Waals surface area contributed by atoms with Gasteiger partial charge < -0.3 is 25.3 Å². The molecule has 1 heterocycles. The van der Waals surface area contributed by atoms with E-state index in [-0.39, 0.29) is 37.2 Å². The summed E-state index contributed by atoms with van der Waals surface area (Å²) in [6, 6.07) is 0. The van der Waals surface area contributed by atoms with Gasteiger partial charge in [-0.15, -0.1) is 5.73 Å². The van der Waals surface area contributed by atoms with E-state index in [1.165, 1.54) is 17.2 Å². The summed E-state index contributed by atoms with van der Waals surface area (Å²) >= 11 is 0. The number of allylic oxidation sites excluding steroid dienone is 5. The van der Waals surface area contributed by atoms with Crippen LogP contribution in [0, 0.1) is 0 Å². The summed E-state index contributed by atoms with van der Waals surface area (Å²) < 4.78 is 18.3. The molecule has 9 heteroatoms. The van der Waals surface area contributed by atoms with E-state index < -0.39 is 0 Å². The fraction of sp³-hybridized carbons (Fsp3) is 0.500. The van der Waals surface area contributed by atoms with Crippen molar-refractivity contribution in [1.29, 1.82) is 0 Å². The monoisotopic (exact) mass is 433 g/mol. The Bertz CT molecular complexity index is 827. The average Bonchev–Trinajstić information content (AvgIpc) is 3.12. The van der Waals surface area contributed by atoms with Crippen molar-refractivity contribution in [2.45, 2.75) is 26.7 Å². The van der Waals surface area contributed by atoms with Crippen molar-refractivity contribution in [3.05, 3.63) is 52.8 Å². The molecule has 0 aromatic carbocycles. The summed E-state index contributed by atoms with van der Waals surface area (Å²) in [6.45, 7) is 6.42. The average molecular weight is 434 g/mol. The van der Waals surface area contributed by atoms with E-state index in [0.717, 1.165) is 18.7 Å². The predicted molar refractivity (Wildman–Crippen MR) is 117 cm³/mol. The predicted octanol–water partition coefficient (Wildman–Crippen LogP) is 1.34. The lowest BCUT2D eigenvalue weighted by molar-refractivity contribution is -0.142. The van der Waals surface area contributed by atoms with Gasteiger partial charge in [-0.3, -0.25) is 9.59 Å². The van der Waals surface area contributed by atoms with Gasteiger partial charge in [0.15, 0.2) is 0 Å². The van der Waals surface area contributed by atoms with Crippen LogP contribution >= 0.6 is 0 Å². The molecule has 1 fully saturated rings. The molecule has 1 saturated heterocycles. The normalized spacial score (nSPS) is 17.3. The van der Waals surface area contributed by atoms with Gasteiger partial charge in [0.1, 0.15) is 12.4 Å². The van der Waals surface area contributed by atoms with Crippen LogP contribution in [-0.4, -0.2) is 72.6 Å². The molecule has 1 aliphatic carbocycles. The van der Waals surface area contributed by atoms with E-state index in [0.29, 0.717) is 37.5 Å². The second-order valence-corrected chi connectivity index (χ2v) is 7.32. The highest BCUT2D eigenvalue weighted by Crippen LogP contribution is 2.16. The number of rotatable bonds is 8. The second kappa shape index (κ2) is 12.1. The van der Waals surface area contributed by atoms with Crippen LogP contribution in [0.5, 0.6) is 0 Å². The number of nitrogens with zero attached hydrogens (tertiary/aromatic N) is 3. The Balaban J connectivity index is 1.96. The Hall–Kier alpha value is -2.87. The van der Waals surface area contributed by atoms with E-state index in [9.17, 15) is 14.0 Å². The van der Waals surface area contributed by atoms with Crippen LogP contribution in [-0.2, 0) is 14.3 Å². The molecule has 8 nitrogen and oxygen atoms in total. The first-order chi connectivity index (χ1) is 14.8. The number of ether oxygens (including phenoxy) is 1. The lowest BCUT2D eigenvalue weighted by atomic mass is 10.1. The molecular weight excluding hydrogens is 401 g/mol. The molecule has 2 aliphatic rings. The summed E-state index contributed by atoms with van der Waals surface area (Å²) in [6.07, 6.45) is 6.99. The summed E-state index contributed by atoms with van der Waals surface area (Å²) in [4.78, 5) is 28.5. The minimum Gasteiger partial charge on any atom is -0.466 e. The third-order valence-corrected chi connectivity index (χ3v) is 5.24. The van der Waals surface area contributed by atoms with Crippen molar-refractivity contribution < 1.29 is 18.7 Å². The molecule has 0 unspecified atom stereocenters. The lowest BCUT2D eigenvalue weighted by Crippen LogP contribution is -2.44. The van der Waals surface area contributed by atoms with Gasteiger partial charge in [0.25, 0.3) is 0 Å². The van der Waals surface area contributed by atoms with Crippen LogP contribution in [0.1, 0.15) is 26.7 Å². The number of hydrogen-bond donors (Lipinski definition) is 2. The van der Waals surface area contributed by atoms with Crippen LogP contribution in [0.3, 0.4) is 0 Å². The van der Waals surface area contributed by atoms with Gasteiger partial charge in [-0.1, -0.05) is 0 Å². The zero-order valence-electron chi connectivity index (χ0n) is 18.3. The Kier molecular flexibility index (Phi) is 9.52. The molecule has 0 aromatic rings. The van der Waals surface area contributed by atoms with Crippen molar-refractivity contribution in [2.75, 3.05) is 45.9 Å². The standard InChI is InChI=1S/C22H32FN5O3/c1-3-31-22(30)14-18(15-24)17(2)28(25)16-21(29)27-11-5-10-26(12-13-27)20-7-4-6-19(23)8-9-20/h6-9H,3,5,10-16,24-25H2,1-2H3/b18-17-. The van der Waals surface area contributed by atoms with Crippen LogP contribution in [0.15, 0.2) is 52.8 Å². The fourth-order valence-electron chi connectivity index (χ4n) is 3.39. The maximum Gasteiger partial charge on any atom is 0.310 e. The van der Waals surface area contributed by atoms with E-state index in [1.807, 2.05) is 0 Å². The quantitative estimate of drug-likeness (QED) is 0.258. The summed E-state index contributed by atoms with van der Waals surface area (Å²) in [5.74, 6) is 5.29. The van der Waals surface area contributed by atoms with E-state index >= 15 is 0 Å². The van der Waals surface area contributed by atoms with E-state index in [2.05, 4.69) is 10.6 Å². The topological polar surface area (TPSA) is 105 Å². The Morgan fingerprint density at radius 2 is 2.00 bits per heavy atom. The molecule has 0 bridgehead atoms. The Morgan fingerprint density at radius 1 is 1.23 bits per heavy atom. The van der Waals surface area contributed by atoms with Gasteiger partial charge in [0, 0.05) is 56.3 Å². The van der Waals surface area contributed by atoms with Gasteiger partial charge in [0.2, 0.25) is 5.91 Å². The molecular formula is C22H32FN5O3. The van der Waals surface area contributed by atoms with Crippen LogP contribution < -0.4 is 11.6 Å². The number of esters is 1. The smallest absolute Gasteiger partial charge is 0.310 e. The molecule has 170 valence electrons. The number of halogens is 1. The van der Waals surface area contributed by atoms with Crippen LogP contribution in [0.4, 0.5) is 4.39 Å². The number of hydrazine groups is 1. The SMILES string of the molecule is CCOC(=O)C/C(CN)=C(\C)N(N)CC(=O)N1CCCN(C2=CC=C(F)C=C=C2)CC1. The zero-order chi connectivity index (χ0) is 22.8. The van der Waals surface area contributed by atoms with Crippen LogP contribution in [0.25, 0.3) is 0 Å². The Labute approximate surface area is 182 Å². The highest BCUT2D eigenvalue weighted by Gasteiger charge is 2.22. The molecule has 31 heavy (non-hydrogen) atoms. The first kappa shape index (κ1) is 24.4. The molecule has 0 saturated carbocycles. The number of amides is 1. The van der Waals surface area contributed by atoms with Crippen molar-refractivity contribution >= 4 is 11.9 Å². The Morgan fingerprint density at radius 3 is 2.71 bits per heavy atom. The summed E-state index contributed by atoms with van der Waals surface area (Å²) in [7, 11) is 0. The largest absolute Gasteiger partial charge is 0.466 e. The third kappa shape index (κ3) is 7.40. The summed E-state index contributed by atoms with van der Waals surface area (Å²) in [5, 5.41) is 1.33. The second-order valence-electron chi connectivity index (χ2n) is 7.32. The van der Waals surface area contributed by atoms with Gasteiger partial charge in [0.05, 0.1) is 13.0 Å². The van der Waals surface area contributed by atoms with Crippen LogP contribution in [0.2, 0.25) is 0 Å². The molecule has 1 aliphatic heterocycles. The molecule has 2 rings (SSSR count). The molecule has 4 N–H and O–H groups in total. The number of nitrogens with two attached hydrogens (primary N) is 2. The maximum absolute atomic E-state index is 13.4. The third-order valence-electron chi connectivity index (χ3n) is 5.24. The molecule has 0 aromatic heterocycles. The fourth-order valence-corrected chi connectivity index (χ4v) is 3.39. The van der Waals surface area contributed by atoms with Gasteiger partial charge in [-0.05, 0) is 38.0 Å². The van der Waals surface area contributed by atoms with Gasteiger partial charge >= 0.3 is 5.97 Å². The van der Waals surface area contributed by atoms with E-state index in [1.54, 1.807) is 30.9 Å². The molecule has 1 amide bonds. The molecule has 0 atom stereocenters. The molecule has 0 spiro atoms. The molecule has 0 radical (unpaired) electrons. The van der Waals surface area contributed by atoms with Gasteiger partial charge in [-0.2, -0.15) is 0 Å². The van der Waals surface area contributed by atoms with E-state index in [4.69, 9.17) is 16.3 Å². The maximum atomic E-state index is 13.4. The number of hydrogen-bond acceptors (Lipinski definition) is 7. The van der Waals surface area contributed by atoms with Gasteiger partial charge in [-0.25, -0.2) is 10.2 Å².